The molecule has 0 saturated heterocycles. The predicted molar refractivity (Wildman–Crippen MR) is 111 cm³/mol. The van der Waals surface area contributed by atoms with Crippen molar-refractivity contribution in [3.63, 3.8) is 0 Å². The van der Waals surface area contributed by atoms with E-state index in [0.717, 1.165) is 0 Å². The molecule has 146 valence electrons. The molecule has 0 aliphatic rings. The number of methoxy groups -OCH3 is 1. The zero-order valence-corrected chi connectivity index (χ0v) is 16.4. The normalized spacial score (nSPS) is 11.6. The standard InChI is InChI=1S/C20H12Cl2N2O5/c1-28-18-6-3-11(2-5-13-15(21)9-23(25)10-16(13)22)19-14-8-12(24(26)27)4-7-17(14)29-20(18)19/h2-10H,1H3. The molecule has 2 aromatic heterocycles. The number of non-ortho nitro benzene ring substituents is 1. The summed E-state index contributed by atoms with van der Waals surface area (Å²) in [6.07, 6.45) is 5.82. The van der Waals surface area contributed by atoms with Gasteiger partial charge in [0.05, 0.1) is 12.0 Å². The molecule has 4 rings (SSSR count). The van der Waals surface area contributed by atoms with Crippen LogP contribution in [0.4, 0.5) is 5.69 Å². The lowest BCUT2D eigenvalue weighted by Crippen LogP contribution is -2.24. The van der Waals surface area contributed by atoms with Crippen molar-refractivity contribution in [1.29, 1.82) is 0 Å². The molecule has 0 aliphatic heterocycles. The van der Waals surface area contributed by atoms with E-state index in [1.54, 1.807) is 30.4 Å². The number of hydrogen-bond acceptors (Lipinski definition) is 5. The number of nitro benzene ring substituents is 1. The van der Waals surface area contributed by atoms with Crippen molar-refractivity contribution in [3.8, 4) is 5.75 Å². The lowest BCUT2D eigenvalue weighted by Gasteiger charge is -2.05. The van der Waals surface area contributed by atoms with E-state index in [-0.39, 0.29) is 15.7 Å². The molecule has 9 heteroatoms. The van der Waals surface area contributed by atoms with Crippen LogP contribution in [0.5, 0.6) is 5.75 Å². The second-order valence-electron chi connectivity index (χ2n) is 6.16. The molecule has 4 aromatic rings. The number of nitrogens with zero attached hydrogens (tertiary/aromatic N) is 2. The van der Waals surface area contributed by atoms with Gasteiger partial charge < -0.3 is 14.4 Å². The Kier molecular flexibility index (Phi) is 4.77. The Balaban J connectivity index is 1.96. The third kappa shape index (κ3) is 3.35. The van der Waals surface area contributed by atoms with E-state index in [4.69, 9.17) is 32.4 Å². The molecule has 0 atom stereocenters. The van der Waals surface area contributed by atoms with E-state index < -0.39 is 4.92 Å². The molecule has 0 radical (unpaired) electrons. The van der Waals surface area contributed by atoms with Crippen LogP contribution in [0.3, 0.4) is 0 Å². The maximum Gasteiger partial charge on any atom is 0.270 e. The molecule has 0 bridgehead atoms. The molecule has 2 aromatic carbocycles. The van der Waals surface area contributed by atoms with Crippen LogP contribution in [0.1, 0.15) is 11.1 Å². The second kappa shape index (κ2) is 7.27. The van der Waals surface area contributed by atoms with Crippen LogP contribution in [0.25, 0.3) is 34.1 Å². The molecule has 0 amide bonds. The number of hydrogen-bond donors (Lipinski definition) is 0. The predicted octanol–water partition coefficient (Wildman–Crippen LogP) is 5.61. The summed E-state index contributed by atoms with van der Waals surface area (Å²) in [6, 6.07) is 7.93. The number of fused-ring (bicyclic) bond motifs is 3. The summed E-state index contributed by atoms with van der Waals surface area (Å²) in [5.74, 6) is 0.499. The van der Waals surface area contributed by atoms with E-state index in [1.807, 2.05) is 0 Å². The van der Waals surface area contributed by atoms with Gasteiger partial charge in [0.2, 0.25) is 0 Å². The van der Waals surface area contributed by atoms with Crippen molar-refractivity contribution in [2.75, 3.05) is 7.11 Å². The third-order valence-corrected chi connectivity index (χ3v) is 5.06. The van der Waals surface area contributed by atoms with Crippen molar-refractivity contribution in [2.45, 2.75) is 0 Å². The highest BCUT2D eigenvalue weighted by Crippen LogP contribution is 2.39. The quantitative estimate of drug-likeness (QED) is 0.181. The summed E-state index contributed by atoms with van der Waals surface area (Å²) in [5, 5.41) is 24.3. The zero-order valence-electron chi connectivity index (χ0n) is 14.9. The van der Waals surface area contributed by atoms with Crippen LogP contribution in [0.2, 0.25) is 10.0 Å². The Labute approximate surface area is 174 Å². The van der Waals surface area contributed by atoms with Crippen LogP contribution in [0.15, 0.2) is 47.1 Å². The lowest BCUT2D eigenvalue weighted by molar-refractivity contribution is -0.605. The van der Waals surface area contributed by atoms with Gasteiger partial charge in [0.25, 0.3) is 5.69 Å². The molecule has 0 aliphatic carbocycles. The highest BCUT2D eigenvalue weighted by molar-refractivity contribution is 6.37. The van der Waals surface area contributed by atoms with Gasteiger partial charge in [-0.05, 0) is 17.7 Å². The minimum Gasteiger partial charge on any atom is -0.619 e. The lowest BCUT2D eigenvalue weighted by atomic mass is 10.0. The van der Waals surface area contributed by atoms with Gasteiger partial charge in [-0.2, -0.15) is 4.73 Å². The summed E-state index contributed by atoms with van der Waals surface area (Å²) >= 11 is 12.3. The van der Waals surface area contributed by atoms with E-state index >= 15 is 0 Å². The van der Waals surface area contributed by atoms with Gasteiger partial charge in [-0.3, -0.25) is 10.1 Å². The molecule has 0 spiro atoms. The summed E-state index contributed by atoms with van der Waals surface area (Å²) in [6.45, 7) is 0. The van der Waals surface area contributed by atoms with Gasteiger partial charge in [-0.25, -0.2) is 0 Å². The first-order valence-electron chi connectivity index (χ1n) is 8.32. The second-order valence-corrected chi connectivity index (χ2v) is 6.98. The monoisotopic (exact) mass is 430 g/mol. The Hall–Kier alpha value is -3.29. The van der Waals surface area contributed by atoms with E-state index in [9.17, 15) is 15.3 Å². The number of rotatable bonds is 4. The van der Waals surface area contributed by atoms with Gasteiger partial charge >= 0.3 is 0 Å². The maximum absolute atomic E-state index is 11.4. The van der Waals surface area contributed by atoms with E-state index in [1.165, 1.54) is 31.6 Å². The van der Waals surface area contributed by atoms with Crippen LogP contribution < -0.4 is 9.47 Å². The fraction of sp³-hybridized carbons (Fsp3) is 0.0500. The van der Waals surface area contributed by atoms with Gasteiger partial charge in [0.15, 0.2) is 23.7 Å². The number of furan rings is 1. The first-order valence-corrected chi connectivity index (χ1v) is 9.08. The van der Waals surface area contributed by atoms with Gasteiger partial charge in [0, 0.05) is 28.5 Å². The first-order chi connectivity index (χ1) is 13.9. The van der Waals surface area contributed by atoms with Crippen molar-refractivity contribution >= 4 is 63.0 Å². The maximum atomic E-state index is 11.4. The molecular formula is C20H12Cl2N2O5. The van der Waals surface area contributed by atoms with Crippen molar-refractivity contribution in [1.82, 2.24) is 0 Å². The van der Waals surface area contributed by atoms with Gasteiger partial charge in [0.1, 0.15) is 15.6 Å². The highest BCUT2D eigenvalue weighted by Gasteiger charge is 2.18. The fourth-order valence-electron chi connectivity index (χ4n) is 3.13. The molecule has 7 nitrogen and oxygen atoms in total. The van der Waals surface area contributed by atoms with Crippen molar-refractivity contribution in [2.24, 2.45) is 0 Å². The summed E-state index contributed by atoms with van der Waals surface area (Å²) in [7, 11) is 1.52. The number of pyridine rings is 1. The zero-order chi connectivity index (χ0) is 20.7. The van der Waals surface area contributed by atoms with Crippen LogP contribution in [0, 0.1) is 15.3 Å². The smallest absolute Gasteiger partial charge is 0.270 e. The fourth-order valence-corrected chi connectivity index (χ4v) is 3.70. The molecule has 0 fully saturated rings. The topological polar surface area (TPSA) is 92.5 Å². The van der Waals surface area contributed by atoms with Crippen molar-refractivity contribution in [3.05, 3.63) is 79.2 Å². The van der Waals surface area contributed by atoms with Crippen LogP contribution >= 0.6 is 23.2 Å². The Morgan fingerprint density at radius 1 is 1.14 bits per heavy atom. The van der Waals surface area contributed by atoms with E-state index in [2.05, 4.69) is 0 Å². The van der Waals surface area contributed by atoms with Crippen LogP contribution in [-0.2, 0) is 0 Å². The average Bonchev–Trinajstić information content (AvgIpc) is 3.06. The number of nitro groups is 1. The van der Waals surface area contributed by atoms with E-state index in [0.29, 0.717) is 43.5 Å². The first kappa shape index (κ1) is 19.0. The Morgan fingerprint density at radius 3 is 2.52 bits per heavy atom. The van der Waals surface area contributed by atoms with Crippen LogP contribution in [-0.4, -0.2) is 12.0 Å². The number of benzene rings is 2. The molecule has 0 saturated carbocycles. The average molecular weight is 431 g/mol. The minimum atomic E-state index is -0.463. The summed E-state index contributed by atoms with van der Waals surface area (Å²) in [5.41, 5.74) is 2.10. The molecule has 2 heterocycles. The molecular weight excluding hydrogens is 419 g/mol. The SMILES string of the molecule is COc1ccc(C=Cc2c(Cl)c[n+]([O-])cc2Cl)c2c1oc1ccc([N+](=O)[O-])cc12. The third-order valence-electron chi connectivity index (χ3n) is 4.45. The number of ether oxygens (including phenoxy) is 1. The highest BCUT2D eigenvalue weighted by atomic mass is 35.5. The van der Waals surface area contributed by atoms with Gasteiger partial charge in [-0.1, -0.05) is 41.4 Å². The Morgan fingerprint density at radius 2 is 1.86 bits per heavy atom. The Bertz CT molecular complexity index is 1290. The largest absolute Gasteiger partial charge is 0.619 e. The summed E-state index contributed by atoms with van der Waals surface area (Å²) in [4.78, 5) is 10.7. The minimum absolute atomic E-state index is 0.0490. The number of halogens is 2. The molecule has 0 N–H and O–H groups in total. The molecule has 29 heavy (non-hydrogen) atoms. The van der Waals surface area contributed by atoms with Crippen molar-refractivity contribution < 1.29 is 18.8 Å². The molecule has 0 unspecified atom stereocenters. The number of aromatic nitrogens is 1. The van der Waals surface area contributed by atoms with Gasteiger partial charge in [-0.15, -0.1) is 0 Å². The summed E-state index contributed by atoms with van der Waals surface area (Å²) < 4.78 is 11.8.